The lowest BCUT2D eigenvalue weighted by Gasteiger charge is -1.98. The van der Waals surface area contributed by atoms with Gasteiger partial charge in [-0.2, -0.15) is 0 Å². The van der Waals surface area contributed by atoms with E-state index < -0.39 is 6.16 Å². The van der Waals surface area contributed by atoms with E-state index in [-0.39, 0.29) is 12.4 Å². The highest BCUT2D eigenvalue weighted by Gasteiger charge is 1.99. The number of aliphatic hydroxyl groups excluding tert-OH is 1. The molecular weight excluding hydrogens is 124 g/mol. The summed E-state index contributed by atoms with van der Waals surface area (Å²) in [7, 11) is 0. The average molecular weight is 132 g/mol. The molecule has 0 unspecified atom stereocenters. The molecule has 0 aromatic rings. The zero-order valence-corrected chi connectivity index (χ0v) is 5.00. The molecule has 0 fully saturated rings. The highest BCUT2D eigenvalue weighted by atomic mass is 16.7. The van der Waals surface area contributed by atoms with Gasteiger partial charge in [-0.1, -0.05) is 0 Å². The Labute approximate surface area is 52.4 Å². The van der Waals surface area contributed by atoms with Gasteiger partial charge in [0.15, 0.2) is 0 Å². The van der Waals surface area contributed by atoms with Crippen LogP contribution >= 0.6 is 0 Å². The van der Waals surface area contributed by atoms with Gasteiger partial charge in [0.2, 0.25) is 0 Å². The molecule has 0 atom stereocenters. The molecule has 52 valence electrons. The van der Waals surface area contributed by atoms with Gasteiger partial charge >= 0.3 is 6.16 Å². The van der Waals surface area contributed by atoms with Crippen LogP contribution in [0, 0.1) is 0 Å². The van der Waals surface area contributed by atoms with Crippen LogP contribution in [0.3, 0.4) is 0 Å². The molecule has 0 aromatic carbocycles. The van der Waals surface area contributed by atoms with Crippen LogP contribution in [0.15, 0.2) is 11.8 Å². The largest absolute Gasteiger partial charge is 0.511 e. The Kier molecular flexibility index (Phi) is 3.46. The minimum absolute atomic E-state index is 0.0440. The first kappa shape index (κ1) is 7.97. The Hall–Kier alpha value is -1.03. The Balaban J connectivity index is 3.71. The van der Waals surface area contributed by atoms with E-state index in [1.807, 2.05) is 0 Å². The molecule has 4 nitrogen and oxygen atoms in total. The number of aliphatic hydroxyl groups is 1. The maximum Gasteiger partial charge on any atom is 0.511 e. The summed E-state index contributed by atoms with van der Waals surface area (Å²) in [4.78, 5) is 9.75. The van der Waals surface area contributed by atoms with E-state index >= 15 is 0 Å². The second-order valence-electron chi connectivity index (χ2n) is 1.28. The van der Waals surface area contributed by atoms with Crippen molar-refractivity contribution in [2.45, 2.75) is 6.92 Å². The maximum absolute atomic E-state index is 9.75. The van der Waals surface area contributed by atoms with E-state index in [1.54, 1.807) is 6.92 Å². The first-order valence-corrected chi connectivity index (χ1v) is 2.37. The molecule has 0 saturated heterocycles. The topological polar surface area (TPSA) is 66.8 Å². The molecule has 9 heavy (non-hydrogen) atoms. The quantitative estimate of drug-likeness (QED) is 0.426. The van der Waals surface area contributed by atoms with Crippen LogP contribution < -0.4 is 0 Å². The molecule has 0 aromatic heterocycles. The second kappa shape index (κ2) is 3.91. The Bertz CT molecular complexity index is 127. The standard InChI is InChI=1S/C5H8O4/c1-2-4(3-6)9-5(7)8/h2,6H,3H2,1H3,(H,7,8)/b4-2+. The number of carbonyl (C=O) groups is 1. The number of ether oxygens (including phenoxy) is 1. The van der Waals surface area contributed by atoms with Gasteiger partial charge in [0, 0.05) is 0 Å². The van der Waals surface area contributed by atoms with Crippen LogP contribution in [0.25, 0.3) is 0 Å². The molecule has 0 amide bonds. The van der Waals surface area contributed by atoms with E-state index in [0.717, 1.165) is 0 Å². The van der Waals surface area contributed by atoms with Crippen LogP contribution in [0.5, 0.6) is 0 Å². The first-order valence-electron chi connectivity index (χ1n) is 2.37. The van der Waals surface area contributed by atoms with Crippen molar-refractivity contribution >= 4 is 6.16 Å². The SMILES string of the molecule is C/C=C(\CO)OC(=O)O. The number of rotatable bonds is 2. The van der Waals surface area contributed by atoms with E-state index in [1.165, 1.54) is 6.08 Å². The van der Waals surface area contributed by atoms with Gasteiger partial charge in [-0.15, -0.1) is 0 Å². The number of hydrogen-bond donors (Lipinski definition) is 2. The molecule has 0 aliphatic rings. The third kappa shape index (κ3) is 3.54. The molecule has 0 saturated carbocycles. The van der Waals surface area contributed by atoms with E-state index in [4.69, 9.17) is 10.2 Å². The fraction of sp³-hybridized carbons (Fsp3) is 0.400. The van der Waals surface area contributed by atoms with Gasteiger partial charge in [-0.25, -0.2) is 4.79 Å². The highest BCUT2D eigenvalue weighted by molar-refractivity contribution is 5.58. The van der Waals surface area contributed by atoms with Crippen LogP contribution in [0.2, 0.25) is 0 Å². The number of carboxylic acid groups (broad SMARTS) is 1. The van der Waals surface area contributed by atoms with Gasteiger partial charge in [0.25, 0.3) is 0 Å². The van der Waals surface area contributed by atoms with Gasteiger partial charge in [0.05, 0.1) is 0 Å². The smallest absolute Gasteiger partial charge is 0.449 e. The maximum atomic E-state index is 9.75. The van der Waals surface area contributed by atoms with Gasteiger partial charge in [0.1, 0.15) is 12.4 Å². The summed E-state index contributed by atoms with van der Waals surface area (Å²) in [6.45, 7) is 1.19. The third-order valence-electron chi connectivity index (χ3n) is 0.696. The summed E-state index contributed by atoms with van der Waals surface area (Å²) < 4.78 is 4.08. The zero-order valence-electron chi connectivity index (χ0n) is 5.00. The Morgan fingerprint density at radius 3 is 2.44 bits per heavy atom. The third-order valence-corrected chi connectivity index (χ3v) is 0.696. The minimum Gasteiger partial charge on any atom is -0.449 e. The predicted octanol–water partition coefficient (Wildman–Crippen LogP) is 0.577. The molecule has 2 N–H and O–H groups in total. The van der Waals surface area contributed by atoms with Crippen molar-refractivity contribution in [3.63, 3.8) is 0 Å². The number of allylic oxidation sites excluding steroid dienone is 1. The predicted molar refractivity (Wildman–Crippen MR) is 30.0 cm³/mol. The summed E-state index contributed by atoms with van der Waals surface area (Å²) in [6, 6.07) is 0. The lowest BCUT2D eigenvalue weighted by molar-refractivity contribution is 0.106. The molecule has 0 bridgehead atoms. The van der Waals surface area contributed by atoms with Gasteiger partial charge in [-0.3, -0.25) is 0 Å². The Morgan fingerprint density at radius 1 is 1.78 bits per heavy atom. The second-order valence-corrected chi connectivity index (χ2v) is 1.28. The van der Waals surface area contributed by atoms with Crippen LogP contribution in [0.1, 0.15) is 6.92 Å². The Morgan fingerprint density at radius 2 is 2.33 bits per heavy atom. The average Bonchev–Trinajstić information content (AvgIpc) is 1.82. The molecule has 0 radical (unpaired) electrons. The van der Waals surface area contributed by atoms with Crippen LogP contribution in [-0.2, 0) is 4.74 Å². The van der Waals surface area contributed by atoms with Crippen molar-refractivity contribution in [1.82, 2.24) is 0 Å². The summed E-state index contributed by atoms with van der Waals surface area (Å²) >= 11 is 0. The fourth-order valence-electron chi connectivity index (χ4n) is 0.295. The van der Waals surface area contributed by atoms with Crippen molar-refractivity contribution < 1.29 is 19.7 Å². The molecule has 0 aliphatic heterocycles. The van der Waals surface area contributed by atoms with Gasteiger partial charge < -0.3 is 14.9 Å². The van der Waals surface area contributed by atoms with Crippen molar-refractivity contribution in [3.05, 3.63) is 11.8 Å². The van der Waals surface area contributed by atoms with Crippen LogP contribution in [-0.4, -0.2) is 23.0 Å². The van der Waals surface area contributed by atoms with E-state index in [9.17, 15) is 4.79 Å². The lowest BCUT2D eigenvalue weighted by Crippen LogP contribution is -2.02. The van der Waals surface area contributed by atoms with Gasteiger partial charge in [-0.05, 0) is 13.0 Å². The van der Waals surface area contributed by atoms with Crippen molar-refractivity contribution in [3.8, 4) is 0 Å². The molecule has 0 spiro atoms. The summed E-state index contributed by atoms with van der Waals surface area (Å²) in [5.41, 5.74) is 0. The zero-order chi connectivity index (χ0) is 7.28. The highest BCUT2D eigenvalue weighted by Crippen LogP contribution is 1.94. The fourth-order valence-corrected chi connectivity index (χ4v) is 0.295. The summed E-state index contributed by atoms with van der Waals surface area (Å²) in [5.74, 6) is 0.0440. The van der Waals surface area contributed by atoms with E-state index in [0.29, 0.717) is 0 Å². The molecule has 0 aliphatic carbocycles. The minimum atomic E-state index is -1.41. The normalized spacial score (nSPS) is 11.1. The molecule has 4 heteroatoms. The monoisotopic (exact) mass is 132 g/mol. The molecule has 0 rings (SSSR count). The van der Waals surface area contributed by atoms with Crippen molar-refractivity contribution in [2.24, 2.45) is 0 Å². The van der Waals surface area contributed by atoms with Crippen molar-refractivity contribution in [2.75, 3.05) is 6.61 Å². The van der Waals surface area contributed by atoms with E-state index in [2.05, 4.69) is 4.74 Å². The summed E-state index contributed by atoms with van der Waals surface area (Å²) in [6.07, 6.45) is -0.0224. The molecular formula is C5H8O4. The lowest BCUT2D eigenvalue weighted by atomic mass is 10.5. The summed E-state index contributed by atoms with van der Waals surface area (Å²) in [5, 5.41) is 16.3. The van der Waals surface area contributed by atoms with Crippen LogP contribution in [0.4, 0.5) is 4.79 Å². The first-order chi connectivity index (χ1) is 4.20. The van der Waals surface area contributed by atoms with Crippen molar-refractivity contribution in [1.29, 1.82) is 0 Å². The number of hydrogen-bond acceptors (Lipinski definition) is 3. The molecule has 0 heterocycles.